The summed E-state index contributed by atoms with van der Waals surface area (Å²) in [6.07, 6.45) is 6.77. The number of nitrogens with zero attached hydrogens (tertiary/aromatic N) is 1. The highest BCUT2D eigenvalue weighted by Crippen LogP contribution is 2.18. The summed E-state index contributed by atoms with van der Waals surface area (Å²) in [6, 6.07) is 12.8. The third-order valence-electron chi connectivity index (χ3n) is 4.06. The number of benzene rings is 2. The van der Waals surface area contributed by atoms with Crippen LogP contribution < -0.4 is 15.5 Å². The van der Waals surface area contributed by atoms with Crippen molar-refractivity contribution in [3.8, 4) is 18.1 Å². The lowest BCUT2D eigenvalue weighted by atomic mass is 10.1. The Balaban J connectivity index is 1.74. The largest absolute Gasteiger partial charge is 0.481 e. The van der Waals surface area contributed by atoms with Crippen LogP contribution in [0, 0.1) is 26.2 Å². The molecule has 2 aromatic carbocycles. The zero-order valence-electron chi connectivity index (χ0n) is 16.0. The second kappa shape index (κ2) is 10.5. The maximum atomic E-state index is 12.0. The first kappa shape index (κ1) is 20.7. The maximum absolute atomic E-state index is 12.0. The van der Waals surface area contributed by atoms with Crippen molar-refractivity contribution >= 4 is 23.7 Å². The van der Waals surface area contributed by atoms with E-state index in [1.165, 1.54) is 6.21 Å². The molecule has 0 radical (unpaired) electrons. The molecule has 2 rings (SSSR count). The van der Waals surface area contributed by atoms with E-state index in [1.807, 2.05) is 32.0 Å². The minimum atomic E-state index is -0.332. The van der Waals surface area contributed by atoms with E-state index >= 15 is 0 Å². The van der Waals surface area contributed by atoms with E-state index in [4.69, 9.17) is 11.2 Å². The van der Waals surface area contributed by atoms with Gasteiger partial charge in [-0.15, -0.1) is 6.42 Å². The molecule has 6 nitrogen and oxygen atoms in total. The van der Waals surface area contributed by atoms with E-state index in [-0.39, 0.29) is 31.3 Å². The van der Waals surface area contributed by atoms with Crippen LogP contribution in [0.2, 0.25) is 0 Å². The summed E-state index contributed by atoms with van der Waals surface area (Å²) in [7, 11) is 0. The first-order valence-electron chi connectivity index (χ1n) is 8.84. The Morgan fingerprint density at radius 1 is 1.11 bits per heavy atom. The molecular formula is C22H23N3O3. The van der Waals surface area contributed by atoms with E-state index < -0.39 is 0 Å². The number of rotatable bonds is 8. The molecule has 0 unspecified atom stereocenters. The number of aryl methyl sites for hydroxylation is 1. The van der Waals surface area contributed by atoms with Gasteiger partial charge in [0.05, 0.1) is 6.21 Å². The molecule has 144 valence electrons. The zero-order valence-corrected chi connectivity index (χ0v) is 16.0. The van der Waals surface area contributed by atoms with Gasteiger partial charge in [-0.3, -0.25) is 9.59 Å². The Morgan fingerprint density at radius 2 is 1.82 bits per heavy atom. The van der Waals surface area contributed by atoms with Crippen LogP contribution in [-0.2, 0) is 9.59 Å². The summed E-state index contributed by atoms with van der Waals surface area (Å²) >= 11 is 0. The minimum absolute atomic E-state index is 0.0485. The molecule has 0 aliphatic carbocycles. The third-order valence-corrected chi connectivity index (χ3v) is 4.06. The van der Waals surface area contributed by atoms with Gasteiger partial charge in [0, 0.05) is 18.5 Å². The van der Waals surface area contributed by atoms with E-state index in [0.717, 1.165) is 22.4 Å². The Hall–Kier alpha value is -3.59. The average molecular weight is 377 g/mol. The van der Waals surface area contributed by atoms with Crippen LogP contribution in [0.5, 0.6) is 5.75 Å². The van der Waals surface area contributed by atoms with Crippen molar-refractivity contribution in [2.24, 2.45) is 5.10 Å². The number of amides is 2. The number of nitrogens with one attached hydrogen (secondary N) is 2. The fraction of sp³-hybridized carbons (Fsp3) is 0.227. The van der Waals surface area contributed by atoms with Gasteiger partial charge in [-0.1, -0.05) is 18.1 Å². The van der Waals surface area contributed by atoms with Crippen LogP contribution in [0.25, 0.3) is 0 Å². The van der Waals surface area contributed by atoms with Gasteiger partial charge in [-0.05, 0) is 60.9 Å². The number of carbonyl (C=O) groups is 2. The lowest BCUT2D eigenvalue weighted by Gasteiger charge is -2.10. The summed E-state index contributed by atoms with van der Waals surface area (Å²) in [6.45, 7) is 4.13. The third kappa shape index (κ3) is 6.61. The predicted octanol–water partition coefficient (Wildman–Crippen LogP) is 3.18. The van der Waals surface area contributed by atoms with Crippen molar-refractivity contribution in [1.82, 2.24) is 5.43 Å². The van der Waals surface area contributed by atoms with Crippen molar-refractivity contribution in [1.29, 1.82) is 0 Å². The number of terminal acetylenes is 1. The first-order chi connectivity index (χ1) is 13.5. The molecule has 0 bridgehead atoms. The van der Waals surface area contributed by atoms with Crippen molar-refractivity contribution < 1.29 is 14.3 Å². The van der Waals surface area contributed by atoms with Crippen molar-refractivity contribution in [2.45, 2.75) is 26.7 Å². The fourth-order valence-corrected chi connectivity index (χ4v) is 2.34. The van der Waals surface area contributed by atoms with E-state index in [0.29, 0.717) is 5.75 Å². The highest BCUT2D eigenvalue weighted by molar-refractivity contribution is 5.94. The molecule has 6 heteroatoms. The average Bonchev–Trinajstić information content (AvgIpc) is 2.69. The number of carbonyl (C=O) groups excluding carboxylic acids is 2. The SMILES string of the molecule is C#CCOc1ccc(C=NNC(=O)CCC(=O)Nc2cccc(C)c2C)cc1. The van der Waals surface area contributed by atoms with Crippen LogP contribution in [0.4, 0.5) is 5.69 Å². The van der Waals surface area contributed by atoms with Gasteiger partial charge in [0.15, 0.2) is 0 Å². The summed E-state index contributed by atoms with van der Waals surface area (Å²) in [4.78, 5) is 23.9. The molecule has 0 heterocycles. The molecule has 0 aliphatic rings. The molecule has 0 aromatic heterocycles. The van der Waals surface area contributed by atoms with Crippen LogP contribution in [-0.4, -0.2) is 24.6 Å². The number of hydrazone groups is 1. The quantitative estimate of drug-likeness (QED) is 0.421. The summed E-state index contributed by atoms with van der Waals surface area (Å²) in [5.41, 5.74) is 6.08. The normalized spacial score (nSPS) is 10.3. The molecule has 28 heavy (non-hydrogen) atoms. The molecule has 0 atom stereocenters. The number of anilines is 1. The molecule has 0 saturated carbocycles. The van der Waals surface area contributed by atoms with E-state index in [9.17, 15) is 9.59 Å². The Bertz CT molecular complexity index is 896. The summed E-state index contributed by atoms with van der Waals surface area (Å²) < 4.78 is 5.28. The summed E-state index contributed by atoms with van der Waals surface area (Å²) in [5, 5.41) is 6.72. The Kier molecular flexibility index (Phi) is 7.79. The number of hydrogen-bond donors (Lipinski definition) is 2. The smallest absolute Gasteiger partial charge is 0.240 e. The van der Waals surface area contributed by atoms with Gasteiger partial charge in [-0.25, -0.2) is 5.43 Å². The summed E-state index contributed by atoms with van der Waals surface area (Å²) in [5.74, 6) is 2.51. The van der Waals surface area contributed by atoms with Crippen LogP contribution in [0.15, 0.2) is 47.6 Å². The van der Waals surface area contributed by atoms with E-state index in [2.05, 4.69) is 21.8 Å². The predicted molar refractivity (Wildman–Crippen MR) is 110 cm³/mol. The highest BCUT2D eigenvalue weighted by atomic mass is 16.5. The van der Waals surface area contributed by atoms with Crippen LogP contribution >= 0.6 is 0 Å². The maximum Gasteiger partial charge on any atom is 0.240 e. The van der Waals surface area contributed by atoms with Gasteiger partial charge in [0.25, 0.3) is 0 Å². The zero-order chi connectivity index (χ0) is 20.4. The highest BCUT2D eigenvalue weighted by Gasteiger charge is 2.08. The molecular weight excluding hydrogens is 354 g/mol. The number of hydrogen-bond acceptors (Lipinski definition) is 4. The topological polar surface area (TPSA) is 79.8 Å². The second-order valence-electron chi connectivity index (χ2n) is 6.15. The molecule has 0 aliphatic heterocycles. The Labute approximate surface area is 165 Å². The Morgan fingerprint density at radius 3 is 2.54 bits per heavy atom. The lowest BCUT2D eigenvalue weighted by Crippen LogP contribution is -2.21. The van der Waals surface area contributed by atoms with Gasteiger partial charge >= 0.3 is 0 Å². The monoisotopic (exact) mass is 377 g/mol. The van der Waals surface area contributed by atoms with Crippen LogP contribution in [0.1, 0.15) is 29.5 Å². The second-order valence-corrected chi connectivity index (χ2v) is 6.15. The van der Waals surface area contributed by atoms with Gasteiger partial charge < -0.3 is 10.1 Å². The first-order valence-corrected chi connectivity index (χ1v) is 8.84. The van der Waals surface area contributed by atoms with Gasteiger partial charge in [0.2, 0.25) is 11.8 Å². The molecule has 0 spiro atoms. The van der Waals surface area contributed by atoms with Gasteiger partial charge in [0.1, 0.15) is 12.4 Å². The number of ether oxygens (including phenoxy) is 1. The minimum Gasteiger partial charge on any atom is -0.481 e. The fourth-order valence-electron chi connectivity index (χ4n) is 2.34. The molecule has 2 amide bonds. The molecule has 0 saturated heterocycles. The lowest BCUT2D eigenvalue weighted by molar-refractivity contribution is -0.124. The van der Waals surface area contributed by atoms with Crippen molar-refractivity contribution in [3.63, 3.8) is 0 Å². The molecule has 2 N–H and O–H groups in total. The van der Waals surface area contributed by atoms with Crippen LogP contribution in [0.3, 0.4) is 0 Å². The molecule has 0 fully saturated rings. The van der Waals surface area contributed by atoms with Crippen molar-refractivity contribution in [2.75, 3.05) is 11.9 Å². The van der Waals surface area contributed by atoms with Crippen molar-refractivity contribution in [3.05, 3.63) is 59.2 Å². The standard InChI is InChI=1S/C22H23N3O3/c1-4-14-28-19-10-8-18(9-11-19)15-23-25-22(27)13-12-21(26)24-20-7-5-6-16(2)17(20)3/h1,5-11,15H,12-14H2,2-3H3,(H,24,26)(H,25,27). The van der Waals surface area contributed by atoms with E-state index in [1.54, 1.807) is 24.3 Å². The van der Waals surface area contributed by atoms with Gasteiger partial charge in [-0.2, -0.15) is 5.10 Å². The molecule has 2 aromatic rings.